The lowest BCUT2D eigenvalue weighted by Crippen LogP contribution is -2.25. The minimum Gasteiger partial charge on any atom is -0.462 e. The van der Waals surface area contributed by atoms with Crippen LogP contribution in [0.25, 0.3) is 5.70 Å². The van der Waals surface area contributed by atoms with Crippen LogP contribution in [0.15, 0.2) is 89.3 Å². The topological polar surface area (TPSA) is 96.7 Å². The molecule has 4 rings (SSSR count). The fraction of sp³-hybridized carbons (Fsp3) is 0.120. The number of esters is 1. The zero-order valence-electron chi connectivity index (χ0n) is 17.8. The van der Waals surface area contributed by atoms with Crippen molar-refractivity contribution in [2.45, 2.75) is 18.4 Å². The summed E-state index contributed by atoms with van der Waals surface area (Å²) in [5, 5.41) is 9.69. The molecule has 8 heteroatoms. The highest BCUT2D eigenvalue weighted by atomic mass is 32.2. The van der Waals surface area contributed by atoms with Crippen molar-refractivity contribution in [3.63, 3.8) is 0 Å². The molecule has 0 aliphatic carbocycles. The summed E-state index contributed by atoms with van der Waals surface area (Å²) in [5.41, 5.74) is 0.627. The van der Waals surface area contributed by atoms with E-state index in [1.165, 1.54) is 6.07 Å². The molecular weight excluding hydrogens is 440 g/mol. The van der Waals surface area contributed by atoms with Crippen LogP contribution in [0.1, 0.15) is 18.1 Å². The number of benzene rings is 3. The number of sulfonamides is 1. The van der Waals surface area contributed by atoms with Crippen LogP contribution in [-0.2, 0) is 26.1 Å². The lowest BCUT2D eigenvalue weighted by molar-refractivity contribution is -0.137. The van der Waals surface area contributed by atoms with Crippen molar-refractivity contribution < 1.29 is 22.7 Å². The third kappa shape index (κ3) is 4.31. The van der Waals surface area contributed by atoms with Gasteiger partial charge in [0.05, 0.1) is 23.7 Å². The molecule has 0 saturated heterocycles. The Labute approximate surface area is 192 Å². The largest absolute Gasteiger partial charge is 0.462 e. The van der Waals surface area contributed by atoms with Crippen LogP contribution >= 0.6 is 0 Å². The van der Waals surface area contributed by atoms with Gasteiger partial charge in [0.25, 0.3) is 10.0 Å². The van der Waals surface area contributed by atoms with Gasteiger partial charge >= 0.3 is 5.97 Å². The zero-order chi connectivity index (χ0) is 23.4. The van der Waals surface area contributed by atoms with Gasteiger partial charge < -0.3 is 9.47 Å². The number of carbonyl (C=O) groups is 1. The summed E-state index contributed by atoms with van der Waals surface area (Å²) >= 11 is 0. The molecule has 0 aromatic heterocycles. The highest BCUT2D eigenvalue weighted by Gasteiger charge is 2.41. The molecular formula is C25H20N2O5S. The van der Waals surface area contributed by atoms with Crippen LogP contribution in [-0.4, -0.2) is 25.3 Å². The molecule has 0 N–H and O–H groups in total. The van der Waals surface area contributed by atoms with Gasteiger partial charge in [-0.2, -0.15) is 5.26 Å². The average Bonchev–Trinajstić information content (AvgIpc) is 3.04. The van der Waals surface area contributed by atoms with Gasteiger partial charge in [0.15, 0.2) is 5.57 Å². The molecule has 33 heavy (non-hydrogen) atoms. The summed E-state index contributed by atoms with van der Waals surface area (Å²) in [5.74, 6) is 0.414. The average molecular weight is 461 g/mol. The number of hydrogen-bond acceptors (Lipinski definition) is 6. The van der Waals surface area contributed by atoms with Crippen LogP contribution in [0.4, 0.5) is 0 Å². The zero-order valence-corrected chi connectivity index (χ0v) is 18.6. The first-order valence-corrected chi connectivity index (χ1v) is 11.6. The van der Waals surface area contributed by atoms with E-state index in [0.717, 1.165) is 4.31 Å². The quantitative estimate of drug-likeness (QED) is 0.306. The SMILES string of the molecule is CCOC(=O)/C(C#N)=C1/c2ccccc2S(=O)(=O)N1Cc1ccc(Oc2ccccc2)cc1. The smallest absolute Gasteiger partial charge is 0.351 e. The maximum atomic E-state index is 13.3. The molecule has 166 valence electrons. The Morgan fingerprint density at radius 1 is 0.939 bits per heavy atom. The van der Waals surface area contributed by atoms with Crippen molar-refractivity contribution >= 4 is 21.7 Å². The van der Waals surface area contributed by atoms with Crippen molar-refractivity contribution in [2.75, 3.05) is 6.61 Å². The fourth-order valence-corrected chi connectivity index (χ4v) is 5.22. The van der Waals surface area contributed by atoms with Crippen molar-refractivity contribution in [3.8, 4) is 17.6 Å². The third-order valence-corrected chi connectivity index (χ3v) is 6.82. The Balaban J connectivity index is 1.71. The number of carbonyl (C=O) groups excluding carboxylic acids is 1. The predicted molar refractivity (Wildman–Crippen MR) is 121 cm³/mol. The molecule has 3 aromatic rings. The Morgan fingerprint density at radius 3 is 2.24 bits per heavy atom. The second-order valence-corrected chi connectivity index (χ2v) is 8.95. The monoisotopic (exact) mass is 460 g/mol. The van der Waals surface area contributed by atoms with E-state index in [1.807, 2.05) is 36.4 Å². The summed E-state index contributed by atoms with van der Waals surface area (Å²) in [6, 6.07) is 24.4. The molecule has 0 saturated carbocycles. The normalized spacial score (nSPS) is 15.3. The van der Waals surface area contributed by atoms with Crippen molar-refractivity contribution in [3.05, 3.63) is 95.6 Å². The molecule has 0 unspecified atom stereocenters. The molecule has 1 aliphatic heterocycles. The van der Waals surface area contributed by atoms with Gasteiger partial charge in [0, 0.05) is 5.56 Å². The molecule has 0 atom stereocenters. The molecule has 0 spiro atoms. The number of ether oxygens (including phenoxy) is 2. The summed E-state index contributed by atoms with van der Waals surface area (Å²) < 4.78 is 38.5. The number of rotatable bonds is 6. The van der Waals surface area contributed by atoms with Crippen LogP contribution in [0.2, 0.25) is 0 Å². The summed E-state index contributed by atoms with van der Waals surface area (Å²) in [7, 11) is -3.97. The fourth-order valence-electron chi connectivity index (χ4n) is 3.54. The van der Waals surface area contributed by atoms with E-state index in [1.54, 1.807) is 49.4 Å². The Bertz CT molecular complexity index is 1360. The third-order valence-electron chi connectivity index (χ3n) is 5.02. The minimum atomic E-state index is -3.97. The van der Waals surface area contributed by atoms with Crippen LogP contribution < -0.4 is 4.74 Å². The summed E-state index contributed by atoms with van der Waals surface area (Å²) in [6.07, 6.45) is 0. The number of nitriles is 1. The minimum absolute atomic E-state index is 0.0242. The first kappa shape index (κ1) is 22.1. The van der Waals surface area contributed by atoms with E-state index in [2.05, 4.69) is 0 Å². The van der Waals surface area contributed by atoms with Gasteiger partial charge in [0.1, 0.15) is 17.6 Å². The van der Waals surface area contributed by atoms with Gasteiger partial charge in [-0.1, -0.05) is 48.5 Å². The second kappa shape index (κ2) is 9.18. The van der Waals surface area contributed by atoms with Crippen LogP contribution in [0.3, 0.4) is 0 Å². The van der Waals surface area contributed by atoms with Crippen molar-refractivity contribution in [2.24, 2.45) is 0 Å². The highest BCUT2D eigenvalue weighted by Crippen LogP contribution is 2.41. The van der Waals surface area contributed by atoms with Gasteiger partial charge in [-0.25, -0.2) is 13.2 Å². The molecule has 0 bridgehead atoms. The molecule has 1 aliphatic rings. The predicted octanol–water partition coefficient (Wildman–Crippen LogP) is 4.48. The molecule has 3 aromatic carbocycles. The number of para-hydroxylation sites is 1. The van der Waals surface area contributed by atoms with Gasteiger partial charge in [0.2, 0.25) is 0 Å². The Hall–Kier alpha value is -4.09. The summed E-state index contributed by atoms with van der Waals surface area (Å²) in [4.78, 5) is 12.5. The maximum absolute atomic E-state index is 13.3. The molecule has 7 nitrogen and oxygen atoms in total. The Morgan fingerprint density at radius 2 is 1.58 bits per heavy atom. The van der Waals surface area contributed by atoms with Crippen molar-refractivity contribution in [1.29, 1.82) is 5.26 Å². The lowest BCUT2D eigenvalue weighted by atomic mass is 10.1. The van der Waals surface area contributed by atoms with E-state index in [4.69, 9.17) is 9.47 Å². The number of nitrogens with zero attached hydrogens (tertiary/aromatic N) is 2. The standard InChI is InChI=1S/C25H20N2O5S/c1-2-31-25(28)22(16-26)24-21-10-6-7-11-23(21)33(29,30)27(24)17-18-12-14-20(15-13-18)32-19-8-4-3-5-9-19/h3-15H,2,17H2,1H3/b24-22-. The van der Waals surface area contributed by atoms with Gasteiger partial charge in [-0.15, -0.1) is 0 Å². The molecule has 0 amide bonds. The molecule has 0 radical (unpaired) electrons. The van der Waals surface area contributed by atoms with Crippen LogP contribution in [0.5, 0.6) is 11.5 Å². The molecule has 0 fully saturated rings. The van der Waals surface area contributed by atoms with E-state index in [9.17, 15) is 18.5 Å². The van der Waals surface area contributed by atoms with Crippen LogP contribution in [0, 0.1) is 11.3 Å². The number of hydrogen-bond donors (Lipinski definition) is 0. The highest BCUT2D eigenvalue weighted by molar-refractivity contribution is 7.90. The second-order valence-electron chi connectivity index (χ2n) is 7.12. The maximum Gasteiger partial charge on any atom is 0.351 e. The lowest BCUT2D eigenvalue weighted by Gasteiger charge is -2.20. The van der Waals surface area contributed by atoms with E-state index < -0.39 is 16.0 Å². The molecule has 1 heterocycles. The van der Waals surface area contributed by atoms with Gasteiger partial charge in [-0.05, 0) is 42.8 Å². The van der Waals surface area contributed by atoms with Gasteiger partial charge in [-0.3, -0.25) is 4.31 Å². The number of fused-ring (bicyclic) bond motifs is 1. The van der Waals surface area contributed by atoms with E-state index in [-0.39, 0.29) is 29.3 Å². The first-order valence-electron chi connectivity index (χ1n) is 10.2. The Kier molecular flexibility index (Phi) is 6.16. The first-order chi connectivity index (χ1) is 16.0. The summed E-state index contributed by atoms with van der Waals surface area (Å²) in [6.45, 7) is 1.62. The van der Waals surface area contributed by atoms with Crippen molar-refractivity contribution in [1.82, 2.24) is 4.31 Å². The van der Waals surface area contributed by atoms with E-state index >= 15 is 0 Å². The van der Waals surface area contributed by atoms with E-state index in [0.29, 0.717) is 22.6 Å².